The SMILES string of the molecule is CCN(CC)C(=O)C1=C(N)N(C(C)(Cc2ccc(O)c(O)c2)C(=O)O)NC1c1cc(O)c(O)c([N+](=O)[O-])c1. The highest BCUT2D eigenvalue weighted by molar-refractivity contribution is 5.96. The van der Waals surface area contributed by atoms with Crippen LogP contribution in [0.5, 0.6) is 23.0 Å². The Kier molecular flexibility index (Phi) is 7.58. The second kappa shape index (κ2) is 10.3. The van der Waals surface area contributed by atoms with Crippen molar-refractivity contribution in [2.24, 2.45) is 5.73 Å². The number of phenolic OH excluding ortho intramolecular Hbond substituents is 4. The average Bonchev–Trinajstić information content (AvgIpc) is 3.20. The molecule has 2 aromatic rings. The molecule has 0 bridgehead atoms. The number of hydrogen-bond acceptors (Lipinski definition) is 11. The summed E-state index contributed by atoms with van der Waals surface area (Å²) in [6, 6.07) is 4.53. The summed E-state index contributed by atoms with van der Waals surface area (Å²) in [6.45, 7) is 5.33. The van der Waals surface area contributed by atoms with Crippen LogP contribution in [0, 0.1) is 10.1 Å². The zero-order valence-electron chi connectivity index (χ0n) is 20.9. The van der Waals surface area contributed by atoms with E-state index in [9.17, 15) is 45.2 Å². The highest BCUT2D eigenvalue weighted by Gasteiger charge is 2.49. The number of hydrogen-bond donors (Lipinski definition) is 7. The molecule has 1 heterocycles. The minimum atomic E-state index is -1.87. The molecule has 8 N–H and O–H groups in total. The second-order valence-corrected chi connectivity index (χ2v) is 8.92. The number of phenols is 4. The number of carbonyl (C=O) groups is 2. The third kappa shape index (κ3) is 4.80. The van der Waals surface area contributed by atoms with Crippen molar-refractivity contribution in [1.82, 2.24) is 15.3 Å². The van der Waals surface area contributed by atoms with Crippen molar-refractivity contribution in [2.75, 3.05) is 13.1 Å². The van der Waals surface area contributed by atoms with Gasteiger partial charge in [0.15, 0.2) is 22.8 Å². The summed E-state index contributed by atoms with van der Waals surface area (Å²) in [5.74, 6) is -4.85. The maximum atomic E-state index is 13.5. The number of carbonyl (C=O) groups excluding carboxylic acids is 1. The van der Waals surface area contributed by atoms with Gasteiger partial charge >= 0.3 is 11.7 Å². The number of aromatic hydroxyl groups is 4. The van der Waals surface area contributed by atoms with Crippen LogP contribution in [-0.2, 0) is 16.0 Å². The summed E-state index contributed by atoms with van der Waals surface area (Å²) in [7, 11) is 0. The van der Waals surface area contributed by atoms with Crippen molar-refractivity contribution in [1.29, 1.82) is 0 Å². The fraction of sp³-hybridized carbons (Fsp3) is 0.333. The quantitative estimate of drug-likeness (QED) is 0.139. The van der Waals surface area contributed by atoms with Gasteiger partial charge in [-0.25, -0.2) is 10.2 Å². The predicted molar refractivity (Wildman–Crippen MR) is 133 cm³/mol. The first-order valence-corrected chi connectivity index (χ1v) is 11.6. The van der Waals surface area contributed by atoms with Gasteiger partial charge in [0, 0.05) is 25.6 Å². The molecule has 0 aliphatic carbocycles. The fourth-order valence-electron chi connectivity index (χ4n) is 4.35. The molecule has 2 atom stereocenters. The number of nitro groups is 1. The molecule has 0 saturated carbocycles. The number of nitrogens with zero attached hydrogens (tertiary/aromatic N) is 3. The number of carboxylic acid groups (broad SMARTS) is 1. The normalized spacial score (nSPS) is 16.8. The zero-order valence-corrected chi connectivity index (χ0v) is 20.9. The molecule has 0 aromatic heterocycles. The first kappa shape index (κ1) is 27.9. The molecule has 0 saturated heterocycles. The number of amides is 1. The van der Waals surface area contributed by atoms with Crippen LogP contribution in [0.3, 0.4) is 0 Å². The molecule has 0 radical (unpaired) electrons. The van der Waals surface area contributed by atoms with E-state index in [-0.39, 0.29) is 36.5 Å². The maximum Gasteiger partial charge on any atom is 0.331 e. The Morgan fingerprint density at radius 1 is 1.11 bits per heavy atom. The van der Waals surface area contributed by atoms with Crippen LogP contribution < -0.4 is 11.2 Å². The molecule has 38 heavy (non-hydrogen) atoms. The van der Waals surface area contributed by atoms with Gasteiger partial charge in [0.2, 0.25) is 5.75 Å². The van der Waals surface area contributed by atoms with Crippen molar-refractivity contribution >= 4 is 17.6 Å². The number of rotatable bonds is 9. The van der Waals surface area contributed by atoms with E-state index in [1.165, 1.54) is 30.0 Å². The van der Waals surface area contributed by atoms with Crippen LogP contribution >= 0.6 is 0 Å². The summed E-state index contributed by atoms with van der Waals surface area (Å²) >= 11 is 0. The predicted octanol–water partition coefficient (Wildman–Crippen LogP) is 1.40. The highest BCUT2D eigenvalue weighted by atomic mass is 16.6. The minimum Gasteiger partial charge on any atom is -0.504 e. The summed E-state index contributed by atoms with van der Waals surface area (Å²) in [4.78, 5) is 38.1. The number of nitrogens with two attached hydrogens (primary N) is 1. The number of hydrazine groups is 1. The summed E-state index contributed by atoms with van der Waals surface area (Å²) in [5.41, 5.74) is 6.72. The fourth-order valence-corrected chi connectivity index (χ4v) is 4.35. The van der Waals surface area contributed by atoms with Gasteiger partial charge in [-0.2, -0.15) is 0 Å². The number of nitro benzene ring substituents is 1. The lowest BCUT2D eigenvalue weighted by Gasteiger charge is -2.37. The molecular weight excluding hydrogens is 502 g/mol. The lowest BCUT2D eigenvalue weighted by atomic mass is 9.91. The van der Waals surface area contributed by atoms with Gasteiger partial charge in [0.1, 0.15) is 5.82 Å². The monoisotopic (exact) mass is 531 g/mol. The van der Waals surface area contributed by atoms with Gasteiger partial charge in [0.05, 0.1) is 16.5 Å². The third-order valence-electron chi connectivity index (χ3n) is 6.51. The molecule has 1 aliphatic rings. The molecular formula is C24H29N5O9. The van der Waals surface area contributed by atoms with Gasteiger partial charge in [-0.3, -0.25) is 19.9 Å². The molecule has 1 amide bonds. The highest BCUT2D eigenvalue weighted by Crippen LogP contribution is 2.43. The molecule has 14 nitrogen and oxygen atoms in total. The molecule has 0 spiro atoms. The second-order valence-electron chi connectivity index (χ2n) is 8.92. The van der Waals surface area contributed by atoms with Crippen LogP contribution in [0.1, 0.15) is 37.9 Å². The third-order valence-corrected chi connectivity index (χ3v) is 6.51. The standard InChI is InChI=1S/C24H29N5O9/c1-4-27(5-2)22(34)18-19(13-9-14(29(37)38)20(33)17(32)10-13)26-28(21(18)25)24(3,23(35)36)11-12-6-7-15(30)16(31)8-12/h6-10,19,26,30-33H,4-5,11,25H2,1-3H3,(H,35,36). The van der Waals surface area contributed by atoms with E-state index >= 15 is 0 Å². The molecule has 2 aromatic carbocycles. The Hall–Kier alpha value is -4.72. The average molecular weight is 532 g/mol. The van der Waals surface area contributed by atoms with E-state index in [1.807, 2.05) is 0 Å². The van der Waals surface area contributed by atoms with E-state index in [0.29, 0.717) is 5.56 Å². The van der Waals surface area contributed by atoms with Gasteiger partial charge in [-0.1, -0.05) is 6.07 Å². The first-order chi connectivity index (χ1) is 17.8. The largest absolute Gasteiger partial charge is 0.504 e. The number of benzene rings is 2. The summed E-state index contributed by atoms with van der Waals surface area (Å²) in [5, 5.41) is 62.4. The van der Waals surface area contributed by atoms with Gasteiger partial charge < -0.3 is 36.2 Å². The van der Waals surface area contributed by atoms with E-state index < -0.39 is 57.1 Å². The topological polar surface area (TPSA) is 223 Å². The Morgan fingerprint density at radius 3 is 2.26 bits per heavy atom. The number of aliphatic carboxylic acids is 1. The van der Waals surface area contributed by atoms with Crippen molar-refractivity contribution in [3.63, 3.8) is 0 Å². The van der Waals surface area contributed by atoms with Crippen LogP contribution in [-0.4, -0.2) is 70.9 Å². The van der Waals surface area contributed by atoms with Gasteiger partial charge in [-0.15, -0.1) is 0 Å². The lowest BCUT2D eigenvalue weighted by molar-refractivity contribution is -0.386. The number of nitrogens with one attached hydrogen (secondary N) is 1. The van der Waals surface area contributed by atoms with Crippen molar-refractivity contribution in [2.45, 2.75) is 38.8 Å². The Labute approximate surface area is 216 Å². The Balaban J connectivity index is 2.19. The molecule has 0 fully saturated rings. The van der Waals surface area contributed by atoms with Gasteiger partial charge in [-0.05, 0) is 50.1 Å². The number of likely N-dealkylation sites (N-methyl/N-ethyl adjacent to an activating group) is 1. The van der Waals surface area contributed by atoms with Crippen molar-refractivity contribution in [3.05, 3.63) is 63.0 Å². The molecule has 14 heteroatoms. The molecule has 1 aliphatic heterocycles. The minimum absolute atomic E-state index is 0.0250. The molecule has 2 unspecified atom stereocenters. The Bertz CT molecular complexity index is 1320. The van der Waals surface area contributed by atoms with Crippen LogP contribution in [0.15, 0.2) is 41.7 Å². The first-order valence-electron chi connectivity index (χ1n) is 11.6. The summed E-state index contributed by atoms with van der Waals surface area (Å²) < 4.78 is 0. The maximum absolute atomic E-state index is 13.5. The lowest BCUT2D eigenvalue weighted by Crippen LogP contribution is -2.58. The summed E-state index contributed by atoms with van der Waals surface area (Å²) in [6.07, 6.45) is -0.260. The van der Waals surface area contributed by atoms with E-state index in [0.717, 1.165) is 17.1 Å². The van der Waals surface area contributed by atoms with Gasteiger partial charge in [0.25, 0.3) is 5.91 Å². The van der Waals surface area contributed by atoms with E-state index in [1.54, 1.807) is 13.8 Å². The van der Waals surface area contributed by atoms with Crippen LogP contribution in [0.25, 0.3) is 0 Å². The van der Waals surface area contributed by atoms with E-state index in [4.69, 9.17) is 5.73 Å². The van der Waals surface area contributed by atoms with Crippen molar-refractivity contribution in [3.8, 4) is 23.0 Å². The smallest absolute Gasteiger partial charge is 0.331 e. The molecule has 204 valence electrons. The van der Waals surface area contributed by atoms with E-state index in [2.05, 4.69) is 5.43 Å². The zero-order chi connectivity index (χ0) is 28.5. The number of carboxylic acids is 1. The van der Waals surface area contributed by atoms with Crippen LogP contribution in [0.4, 0.5) is 5.69 Å². The van der Waals surface area contributed by atoms with Crippen LogP contribution in [0.2, 0.25) is 0 Å². The Morgan fingerprint density at radius 2 is 1.74 bits per heavy atom. The van der Waals surface area contributed by atoms with Crippen molar-refractivity contribution < 1.29 is 40.0 Å². The molecule has 3 rings (SSSR count).